The minimum absolute atomic E-state index is 0.0291. The number of anilines is 1. The standard InChI is InChI=1S/C34H39F3N2O5/c1-5-42-32(40)30(44-23-34(35,36)37)21-24-11-14-27(15-12-24)43-20-19-39-18-17-33(2,3)28-22-26(13-16-29(28)39)31(38-41-4)25-9-7-6-8-10-25/h6-16,22,30H,5,17-21,23H2,1-4H3/b38-31+. The molecule has 0 saturated heterocycles. The third-order valence-electron chi connectivity index (χ3n) is 7.55. The fraction of sp³-hybridized carbons (Fsp3) is 0.412. The highest BCUT2D eigenvalue weighted by Crippen LogP contribution is 2.40. The van der Waals surface area contributed by atoms with Gasteiger partial charge in [0.05, 0.1) is 13.2 Å². The van der Waals surface area contributed by atoms with Gasteiger partial charge >= 0.3 is 12.1 Å². The number of halogens is 3. The molecular formula is C34H39F3N2O5. The number of carbonyl (C=O) groups is 1. The molecule has 0 amide bonds. The van der Waals surface area contributed by atoms with Crippen LogP contribution in [0.25, 0.3) is 0 Å². The number of nitrogens with zero attached hydrogens (tertiary/aromatic N) is 2. The first kappa shape index (κ1) is 32.9. The van der Waals surface area contributed by atoms with E-state index in [-0.39, 0.29) is 18.4 Å². The van der Waals surface area contributed by atoms with Crippen molar-refractivity contribution in [1.29, 1.82) is 0 Å². The zero-order chi connectivity index (χ0) is 31.7. The predicted octanol–water partition coefficient (Wildman–Crippen LogP) is 6.71. The maximum atomic E-state index is 12.7. The molecule has 0 aromatic heterocycles. The van der Waals surface area contributed by atoms with Crippen LogP contribution in [0.2, 0.25) is 0 Å². The highest BCUT2D eigenvalue weighted by Gasteiger charge is 2.33. The fourth-order valence-electron chi connectivity index (χ4n) is 5.21. The number of esters is 1. The van der Waals surface area contributed by atoms with Crippen LogP contribution in [-0.2, 0) is 30.9 Å². The molecule has 1 aliphatic rings. The van der Waals surface area contributed by atoms with Crippen molar-refractivity contribution in [2.45, 2.75) is 51.3 Å². The van der Waals surface area contributed by atoms with E-state index in [1.807, 2.05) is 30.3 Å². The molecule has 236 valence electrons. The molecule has 0 bridgehead atoms. The van der Waals surface area contributed by atoms with E-state index in [4.69, 9.17) is 19.0 Å². The van der Waals surface area contributed by atoms with Gasteiger partial charge in [0.25, 0.3) is 0 Å². The van der Waals surface area contributed by atoms with Gasteiger partial charge in [-0.2, -0.15) is 13.2 Å². The summed E-state index contributed by atoms with van der Waals surface area (Å²) in [4.78, 5) is 19.6. The van der Waals surface area contributed by atoms with Gasteiger partial charge in [-0.25, -0.2) is 4.79 Å². The second-order valence-electron chi connectivity index (χ2n) is 11.2. The van der Waals surface area contributed by atoms with E-state index in [9.17, 15) is 18.0 Å². The number of ether oxygens (including phenoxy) is 3. The molecule has 3 aromatic rings. The van der Waals surface area contributed by atoms with E-state index in [1.54, 1.807) is 38.3 Å². The molecule has 0 aliphatic carbocycles. The number of benzene rings is 3. The van der Waals surface area contributed by atoms with Crippen LogP contribution in [0, 0.1) is 0 Å². The molecule has 44 heavy (non-hydrogen) atoms. The third kappa shape index (κ3) is 8.75. The molecule has 4 rings (SSSR count). The Labute approximate surface area is 256 Å². The van der Waals surface area contributed by atoms with E-state index < -0.39 is 24.9 Å². The summed E-state index contributed by atoms with van der Waals surface area (Å²) in [7, 11) is 1.55. The summed E-state index contributed by atoms with van der Waals surface area (Å²) >= 11 is 0. The van der Waals surface area contributed by atoms with Gasteiger partial charge in [0.1, 0.15) is 31.8 Å². The predicted molar refractivity (Wildman–Crippen MR) is 163 cm³/mol. The fourth-order valence-corrected chi connectivity index (χ4v) is 5.21. The van der Waals surface area contributed by atoms with Crippen molar-refractivity contribution in [1.82, 2.24) is 0 Å². The summed E-state index contributed by atoms with van der Waals surface area (Å²) < 4.78 is 53.7. The highest BCUT2D eigenvalue weighted by atomic mass is 19.4. The molecule has 0 saturated carbocycles. The quantitative estimate of drug-likeness (QED) is 0.122. The van der Waals surface area contributed by atoms with Crippen LogP contribution >= 0.6 is 0 Å². The van der Waals surface area contributed by atoms with Crippen LogP contribution < -0.4 is 9.64 Å². The maximum absolute atomic E-state index is 12.7. The molecule has 1 heterocycles. The lowest BCUT2D eigenvalue weighted by molar-refractivity contribution is -0.194. The van der Waals surface area contributed by atoms with E-state index in [0.717, 1.165) is 35.5 Å². The van der Waals surface area contributed by atoms with Crippen LogP contribution in [0.15, 0.2) is 78.0 Å². The molecule has 0 spiro atoms. The average molecular weight is 613 g/mol. The van der Waals surface area contributed by atoms with E-state index in [1.165, 1.54) is 5.56 Å². The minimum atomic E-state index is -4.54. The van der Waals surface area contributed by atoms with Gasteiger partial charge in [-0.15, -0.1) is 0 Å². The lowest BCUT2D eigenvalue weighted by Crippen LogP contribution is -2.39. The molecule has 0 fully saturated rings. The summed E-state index contributed by atoms with van der Waals surface area (Å²) in [6.45, 7) is 6.60. The topological polar surface area (TPSA) is 69.6 Å². The molecule has 1 aliphatic heterocycles. The van der Waals surface area contributed by atoms with E-state index >= 15 is 0 Å². The number of fused-ring (bicyclic) bond motifs is 1. The first-order valence-electron chi connectivity index (χ1n) is 14.6. The molecule has 3 aromatic carbocycles. The van der Waals surface area contributed by atoms with Crippen LogP contribution in [0.1, 0.15) is 49.4 Å². The van der Waals surface area contributed by atoms with E-state index in [2.05, 4.69) is 42.1 Å². The average Bonchev–Trinajstić information content (AvgIpc) is 3.00. The first-order valence-corrected chi connectivity index (χ1v) is 14.6. The van der Waals surface area contributed by atoms with Gasteiger partial charge in [-0.3, -0.25) is 0 Å². The summed E-state index contributed by atoms with van der Waals surface area (Å²) in [6.07, 6.45) is -4.97. The SMILES string of the molecule is CCOC(=O)C(Cc1ccc(OCCN2CCC(C)(C)c3cc(/C(=N/OC)c4ccccc4)ccc32)cc1)OCC(F)(F)F. The highest BCUT2D eigenvalue weighted by molar-refractivity contribution is 6.13. The zero-order valence-corrected chi connectivity index (χ0v) is 25.5. The van der Waals surface area contributed by atoms with Gasteiger partial charge in [0.2, 0.25) is 0 Å². The number of alkyl halides is 3. The Bertz CT molecular complexity index is 1410. The second kappa shape index (κ2) is 14.6. The summed E-state index contributed by atoms with van der Waals surface area (Å²) in [5, 5.41) is 4.33. The molecule has 1 unspecified atom stereocenters. The Balaban J connectivity index is 1.40. The number of hydrogen-bond acceptors (Lipinski definition) is 7. The largest absolute Gasteiger partial charge is 0.492 e. The Morgan fingerprint density at radius 1 is 1.02 bits per heavy atom. The van der Waals surface area contributed by atoms with Gasteiger partial charge in [0, 0.05) is 29.8 Å². The van der Waals surface area contributed by atoms with Crippen molar-refractivity contribution in [3.8, 4) is 5.75 Å². The number of hydrogen-bond donors (Lipinski definition) is 0. The minimum Gasteiger partial charge on any atom is -0.492 e. The van der Waals surface area contributed by atoms with Crippen molar-refractivity contribution >= 4 is 17.4 Å². The lowest BCUT2D eigenvalue weighted by Gasteiger charge is -2.40. The molecule has 1 atom stereocenters. The van der Waals surface area contributed by atoms with Gasteiger partial charge in [-0.05, 0) is 54.2 Å². The molecule has 7 nitrogen and oxygen atoms in total. The van der Waals surface area contributed by atoms with Crippen molar-refractivity contribution < 1.29 is 37.0 Å². The summed E-state index contributed by atoms with van der Waals surface area (Å²) in [5.74, 6) is -0.203. The van der Waals surface area contributed by atoms with Crippen molar-refractivity contribution in [3.05, 3.63) is 95.1 Å². The van der Waals surface area contributed by atoms with Crippen LogP contribution in [-0.4, -0.2) is 64.0 Å². The Kier molecular flexibility index (Phi) is 10.9. The van der Waals surface area contributed by atoms with Gasteiger partial charge in [-0.1, -0.05) is 67.5 Å². The number of carbonyl (C=O) groups excluding carboxylic acids is 1. The van der Waals surface area contributed by atoms with E-state index in [0.29, 0.717) is 24.5 Å². The van der Waals surface area contributed by atoms with Crippen molar-refractivity contribution in [3.63, 3.8) is 0 Å². The lowest BCUT2D eigenvalue weighted by atomic mass is 9.76. The van der Waals surface area contributed by atoms with Crippen molar-refractivity contribution in [2.24, 2.45) is 5.16 Å². The molecule has 0 radical (unpaired) electrons. The Morgan fingerprint density at radius 2 is 1.75 bits per heavy atom. The van der Waals surface area contributed by atoms with Crippen LogP contribution in [0.4, 0.5) is 18.9 Å². The van der Waals surface area contributed by atoms with Crippen LogP contribution in [0.3, 0.4) is 0 Å². The monoisotopic (exact) mass is 612 g/mol. The summed E-state index contributed by atoms with van der Waals surface area (Å²) in [6, 6.07) is 23.3. The maximum Gasteiger partial charge on any atom is 0.411 e. The Hall–Kier alpha value is -4.05. The second-order valence-corrected chi connectivity index (χ2v) is 11.2. The smallest absolute Gasteiger partial charge is 0.411 e. The normalized spacial score (nSPS) is 15.3. The number of oxime groups is 1. The third-order valence-corrected chi connectivity index (χ3v) is 7.55. The Morgan fingerprint density at radius 3 is 2.41 bits per heavy atom. The molecule has 0 N–H and O–H groups in total. The first-order chi connectivity index (χ1) is 21.0. The molecular weight excluding hydrogens is 573 g/mol. The molecule has 10 heteroatoms. The number of rotatable bonds is 13. The van der Waals surface area contributed by atoms with Crippen LogP contribution in [0.5, 0.6) is 5.75 Å². The zero-order valence-electron chi connectivity index (χ0n) is 25.5. The van der Waals surface area contributed by atoms with Crippen molar-refractivity contribution in [2.75, 3.05) is 44.9 Å². The summed E-state index contributed by atoms with van der Waals surface area (Å²) in [5.41, 5.74) is 5.72. The van der Waals surface area contributed by atoms with Gasteiger partial charge < -0.3 is 23.9 Å². The van der Waals surface area contributed by atoms with Gasteiger partial charge in [0.15, 0.2) is 6.10 Å².